The van der Waals surface area contributed by atoms with Crippen LogP contribution in [-0.2, 0) is 15.0 Å². The number of hydrogen-bond acceptors (Lipinski definition) is 3. The highest BCUT2D eigenvalue weighted by atomic mass is 32.2. The molecule has 0 saturated heterocycles. The van der Waals surface area contributed by atoms with Crippen LogP contribution in [0.5, 0.6) is 0 Å². The van der Waals surface area contributed by atoms with Crippen molar-refractivity contribution >= 4 is 21.8 Å². The fraction of sp³-hybridized carbons (Fsp3) is 0.533. The molecule has 0 aliphatic rings. The van der Waals surface area contributed by atoms with Crippen LogP contribution in [0, 0.1) is 6.92 Å². The Morgan fingerprint density at radius 2 is 1.77 bits per heavy atom. The molecular formula is C15H25N3O3S. The summed E-state index contributed by atoms with van der Waals surface area (Å²) in [6.45, 7) is 5.52. The molecule has 0 radical (unpaired) electrons. The minimum Gasteiger partial charge on any atom is -0.352 e. The van der Waals surface area contributed by atoms with Crippen molar-refractivity contribution in [1.82, 2.24) is 9.62 Å². The first-order chi connectivity index (χ1) is 10.2. The van der Waals surface area contributed by atoms with Crippen molar-refractivity contribution in [3.8, 4) is 0 Å². The summed E-state index contributed by atoms with van der Waals surface area (Å²) in [4.78, 5) is 12.1. The second-order valence-corrected chi connectivity index (χ2v) is 7.58. The van der Waals surface area contributed by atoms with Gasteiger partial charge in [0.15, 0.2) is 0 Å². The number of rotatable bonds is 7. The summed E-state index contributed by atoms with van der Waals surface area (Å²) in [5, 5.41) is 2.79. The fourth-order valence-corrected chi connectivity index (χ4v) is 2.83. The van der Waals surface area contributed by atoms with Gasteiger partial charge in [0.2, 0.25) is 5.91 Å². The Balaban J connectivity index is 3.08. The molecule has 1 aromatic carbocycles. The van der Waals surface area contributed by atoms with Gasteiger partial charge in [-0.25, -0.2) is 4.31 Å². The first-order valence-electron chi connectivity index (χ1n) is 7.24. The van der Waals surface area contributed by atoms with Crippen LogP contribution >= 0.6 is 0 Å². The molecule has 1 amide bonds. The minimum atomic E-state index is -3.74. The van der Waals surface area contributed by atoms with Crippen molar-refractivity contribution in [2.75, 3.05) is 24.9 Å². The van der Waals surface area contributed by atoms with E-state index in [0.29, 0.717) is 5.69 Å². The molecule has 0 fully saturated rings. The summed E-state index contributed by atoms with van der Waals surface area (Å²) in [6.07, 6.45) is 0.788. The number of nitrogens with one attached hydrogen (secondary N) is 1. The lowest BCUT2D eigenvalue weighted by Gasteiger charge is -2.27. The lowest BCUT2D eigenvalue weighted by Crippen LogP contribution is -2.47. The van der Waals surface area contributed by atoms with Crippen LogP contribution < -0.4 is 9.62 Å². The highest BCUT2D eigenvalue weighted by Crippen LogP contribution is 2.19. The maximum atomic E-state index is 12.5. The number of aryl methyl sites for hydroxylation is 1. The SMILES string of the molecule is CC[C@H](C)NC(=O)CN(c1ccc(C)cc1)S(=O)(=O)N(C)C. The van der Waals surface area contributed by atoms with Gasteiger partial charge in [0.05, 0.1) is 5.69 Å². The Morgan fingerprint density at radius 1 is 1.23 bits per heavy atom. The number of hydrogen-bond donors (Lipinski definition) is 1. The molecule has 0 bridgehead atoms. The molecule has 0 aliphatic carbocycles. The first kappa shape index (κ1) is 18.4. The molecule has 0 spiro atoms. The maximum Gasteiger partial charge on any atom is 0.304 e. The van der Waals surface area contributed by atoms with Gasteiger partial charge in [-0.3, -0.25) is 4.79 Å². The van der Waals surface area contributed by atoms with E-state index in [2.05, 4.69) is 5.32 Å². The molecule has 22 heavy (non-hydrogen) atoms. The predicted molar refractivity (Wildman–Crippen MR) is 89.0 cm³/mol. The van der Waals surface area contributed by atoms with E-state index in [0.717, 1.165) is 20.6 Å². The molecule has 6 nitrogen and oxygen atoms in total. The van der Waals surface area contributed by atoms with Crippen LogP contribution in [0.25, 0.3) is 0 Å². The lowest BCUT2D eigenvalue weighted by atomic mass is 10.2. The molecule has 0 aromatic heterocycles. The van der Waals surface area contributed by atoms with E-state index in [9.17, 15) is 13.2 Å². The van der Waals surface area contributed by atoms with E-state index in [1.54, 1.807) is 12.1 Å². The van der Waals surface area contributed by atoms with Gasteiger partial charge in [-0.2, -0.15) is 12.7 Å². The molecule has 124 valence electrons. The summed E-state index contributed by atoms with van der Waals surface area (Å²) < 4.78 is 27.2. The second kappa shape index (κ2) is 7.60. The van der Waals surface area contributed by atoms with Crippen LogP contribution in [0.1, 0.15) is 25.8 Å². The van der Waals surface area contributed by atoms with Gasteiger partial charge in [-0.1, -0.05) is 24.6 Å². The molecule has 1 N–H and O–H groups in total. The van der Waals surface area contributed by atoms with E-state index in [-0.39, 0.29) is 18.5 Å². The van der Waals surface area contributed by atoms with Gasteiger partial charge >= 0.3 is 10.2 Å². The molecule has 1 aromatic rings. The Bertz CT molecular complexity index is 597. The third-order valence-corrected chi connectivity index (χ3v) is 5.19. The minimum absolute atomic E-state index is 0.00873. The predicted octanol–water partition coefficient (Wildman–Crippen LogP) is 1.52. The van der Waals surface area contributed by atoms with Crippen LogP contribution in [0.3, 0.4) is 0 Å². The van der Waals surface area contributed by atoms with E-state index in [4.69, 9.17) is 0 Å². The highest BCUT2D eigenvalue weighted by Gasteiger charge is 2.27. The zero-order chi connectivity index (χ0) is 16.9. The molecule has 0 aliphatic heterocycles. The summed E-state index contributed by atoms with van der Waals surface area (Å²) in [6, 6.07) is 7.05. The van der Waals surface area contributed by atoms with Crippen LogP contribution in [0.2, 0.25) is 0 Å². The van der Waals surface area contributed by atoms with Crippen molar-refractivity contribution in [2.24, 2.45) is 0 Å². The Morgan fingerprint density at radius 3 is 2.23 bits per heavy atom. The van der Waals surface area contributed by atoms with Crippen LogP contribution in [-0.4, -0.2) is 45.3 Å². The number of carbonyl (C=O) groups is 1. The highest BCUT2D eigenvalue weighted by molar-refractivity contribution is 7.90. The van der Waals surface area contributed by atoms with Crippen molar-refractivity contribution in [3.63, 3.8) is 0 Å². The first-order valence-corrected chi connectivity index (χ1v) is 8.64. The third-order valence-electron chi connectivity index (χ3n) is 3.37. The molecule has 0 unspecified atom stereocenters. The zero-order valence-electron chi connectivity index (χ0n) is 13.8. The Hall–Kier alpha value is -1.60. The summed E-state index contributed by atoms with van der Waals surface area (Å²) in [5.41, 5.74) is 1.49. The largest absolute Gasteiger partial charge is 0.352 e. The number of benzene rings is 1. The van der Waals surface area contributed by atoms with E-state index in [1.807, 2.05) is 32.9 Å². The fourth-order valence-electron chi connectivity index (χ4n) is 1.77. The topological polar surface area (TPSA) is 69.7 Å². The van der Waals surface area contributed by atoms with E-state index < -0.39 is 10.2 Å². The van der Waals surface area contributed by atoms with Gasteiger partial charge in [0.1, 0.15) is 6.54 Å². The average Bonchev–Trinajstić information content (AvgIpc) is 2.45. The number of carbonyl (C=O) groups excluding carboxylic acids is 1. The Kier molecular flexibility index (Phi) is 6.37. The average molecular weight is 327 g/mol. The monoisotopic (exact) mass is 327 g/mol. The summed E-state index contributed by atoms with van der Waals surface area (Å²) in [7, 11) is -0.842. The van der Waals surface area contributed by atoms with Gasteiger partial charge in [-0.15, -0.1) is 0 Å². The van der Waals surface area contributed by atoms with Gasteiger partial charge in [0.25, 0.3) is 0 Å². The van der Waals surface area contributed by atoms with Crippen LogP contribution in [0.15, 0.2) is 24.3 Å². The van der Waals surface area contributed by atoms with E-state index >= 15 is 0 Å². The molecular weight excluding hydrogens is 302 g/mol. The normalized spacial score (nSPS) is 13.0. The molecule has 1 rings (SSSR count). The van der Waals surface area contributed by atoms with Crippen molar-refractivity contribution in [3.05, 3.63) is 29.8 Å². The maximum absolute atomic E-state index is 12.5. The van der Waals surface area contributed by atoms with Crippen LogP contribution in [0.4, 0.5) is 5.69 Å². The zero-order valence-corrected chi connectivity index (χ0v) is 14.6. The molecule has 0 heterocycles. The standard InChI is InChI=1S/C15H25N3O3S/c1-6-13(3)16-15(19)11-18(22(20,21)17(4)5)14-9-7-12(2)8-10-14/h7-10,13H,6,11H2,1-5H3,(H,16,19)/t13-/m0/s1. The lowest BCUT2D eigenvalue weighted by molar-refractivity contribution is -0.120. The number of anilines is 1. The van der Waals surface area contributed by atoms with Crippen molar-refractivity contribution < 1.29 is 13.2 Å². The summed E-state index contributed by atoms with van der Waals surface area (Å²) in [5.74, 6) is -0.319. The van der Waals surface area contributed by atoms with Gasteiger partial charge in [0, 0.05) is 20.1 Å². The molecule has 0 saturated carbocycles. The Labute approximate surface area is 133 Å². The summed E-state index contributed by atoms with van der Waals surface area (Å²) >= 11 is 0. The molecule has 7 heteroatoms. The smallest absolute Gasteiger partial charge is 0.304 e. The van der Waals surface area contributed by atoms with Crippen molar-refractivity contribution in [2.45, 2.75) is 33.2 Å². The second-order valence-electron chi connectivity index (χ2n) is 5.51. The van der Waals surface area contributed by atoms with Gasteiger partial charge in [-0.05, 0) is 32.4 Å². The van der Waals surface area contributed by atoms with E-state index in [1.165, 1.54) is 14.1 Å². The molecule has 1 atom stereocenters. The third kappa shape index (κ3) is 4.71. The quantitative estimate of drug-likeness (QED) is 0.825. The number of amides is 1. The van der Waals surface area contributed by atoms with Gasteiger partial charge < -0.3 is 5.32 Å². The number of nitrogens with zero attached hydrogens (tertiary/aromatic N) is 2. The van der Waals surface area contributed by atoms with Crippen molar-refractivity contribution in [1.29, 1.82) is 0 Å².